The molecular formula is C20H17ClN4O5S. The van der Waals surface area contributed by atoms with Crippen molar-refractivity contribution < 1.29 is 14.6 Å². The molecule has 160 valence electrons. The molecule has 0 bridgehead atoms. The maximum Gasteiger partial charge on any atom is 0.295 e. The number of anilines is 1. The van der Waals surface area contributed by atoms with Crippen LogP contribution in [-0.2, 0) is 6.42 Å². The summed E-state index contributed by atoms with van der Waals surface area (Å²) in [7, 11) is 0. The number of nitrogens with zero attached hydrogens (tertiary/aromatic N) is 3. The van der Waals surface area contributed by atoms with E-state index in [2.05, 4.69) is 24.1 Å². The molecule has 11 heteroatoms. The minimum atomic E-state index is -0.878. The van der Waals surface area contributed by atoms with E-state index >= 15 is 0 Å². The lowest BCUT2D eigenvalue weighted by Gasteiger charge is -2.05. The molecule has 1 heterocycles. The van der Waals surface area contributed by atoms with Crippen molar-refractivity contribution in [2.75, 3.05) is 5.32 Å². The van der Waals surface area contributed by atoms with Crippen molar-refractivity contribution in [3.63, 3.8) is 0 Å². The molecule has 3 rings (SSSR count). The summed E-state index contributed by atoms with van der Waals surface area (Å²) < 4.78 is 0. The van der Waals surface area contributed by atoms with Gasteiger partial charge in [-0.15, -0.1) is 11.3 Å². The molecule has 0 aliphatic heterocycles. The first-order chi connectivity index (χ1) is 14.7. The number of thiazole rings is 1. The van der Waals surface area contributed by atoms with Crippen LogP contribution in [-0.4, -0.2) is 20.7 Å². The summed E-state index contributed by atoms with van der Waals surface area (Å²) in [6.07, 6.45) is 0.970. The molecular weight excluding hydrogens is 444 g/mol. The largest absolute Gasteiger partial charge is 0.298 e. The number of nitrogens with one attached hydrogen (secondary N) is 1. The van der Waals surface area contributed by atoms with Crippen LogP contribution in [0.25, 0.3) is 11.3 Å². The fraction of sp³-hybridized carbons (Fsp3) is 0.200. The fourth-order valence-electron chi connectivity index (χ4n) is 2.91. The summed E-state index contributed by atoms with van der Waals surface area (Å²) in [5.41, 5.74) is 1.04. The first-order valence-electron chi connectivity index (χ1n) is 9.14. The topological polar surface area (TPSA) is 128 Å². The lowest BCUT2D eigenvalue weighted by Crippen LogP contribution is -2.12. The van der Waals surface area contributed by atoms with Gasteiger partial charge in [-0.05, 0) is 17.9 Å². The molecule has 3 aromatic rings. The van der Waals surface area contributed by atoms with Crippen molar-refractivity contribution in [1.29, 1.82) is 0 Å². The standard InChI is InChI=1S/C20H17ClN4O5S/c1-11(2)7-12-3-5-13(6-4-12)15-10-31-20(22-15)23-19(26)14-8-16(24(27)28)18(21)17(9-14)25(29)30/h3-6,8-11H,7H2,1-2H3,(H,22,23,26). The summed E-state index contributed by atoms with van der Waals surface area (Å²) >= 11 is 6.89. The molecule has 0 atom stereocenters. The molecule has 0 radical (unpaired) electrons. The molecule has 0 fully saturated rings. The average Bonchev–Trinajstić information content (AvgIpc) is 3.16. The molecule has 0 aliphatic rings. The van der Waals surface area contributed by atoms with Gasteiger partial charge in [0, 0.05) is 23.1 Å². The quantitative estimate of drug-likeness (QED) is 0.354. The van der Waals surface area contributed by atoms with Crippen LogP contribution in [0.3, 0.4) is 0 Å². The number of nitro groups is 2. The SMILES string of the molecule is CC(C)Cc1ccc(-c2csc(NC(=O)c3cc([N+](=O)[O-])c(Cl)c([N+](=O)[O-])c3)n2)cc1. The maximum absolute atomic E-state index is 12.5. The lowest BCUT2D eigenvalue weighted by atomic mass is 10.0. The van der Waals surface area contributed by atoms with Crippen LogP contribution in [0.4, 0.5) is 16.5 Å². The Balaban J connectivity index is 1.81. The molecule has 1 aromatic heterocycles. The highest BCUT2D eigenvalue weighted by molar-refractivity contribution is 7.14. The van der Waals surface area contributed by atoms with Crippen molar-refractivity contribution in [2.24, 2.45) is 5.92 Å². The van der Waals surface area contributed by atoms with Crippen LogP contribution in [0.1, 0.15) is 29.8 Å². The van der Waals surface area contributed by atoms with Crippen LogP contribution < -0.4 is 5.32 Å². The zero-order valence-corrected chi connectivity index (χ0v) is 18.1. The Morgan fingerprint density at radius 2 is 1.71 bits per heavy atom. The van der Waals surface area contributed by atoms with Gasteiger partial charge in [-0.1, -0.05) is 49.7 Å². The van der Waals surface area contributed by atoms with Gasteiger partial charge in [-0.2, -0.15) is 0 Å². The van der Waals surface area contributed by atoms with Crippen molar-refractivity contribution >= 4 is 45.4 Å². The zero-order valence-electron chi connectivity index (χ0n) is 16.5. The van der Waals surface area contributed by atoms with Crippen LogP contribution in [0, 0.1) is 26.1 Å². The molecule has 0 unspecified atom stereocenters. The summed E-state index contributed by atoms with van der Waals surface area (Å²) in [5, 5.41) is 26.2. The van der Waals surface area contributed by atoms with Gasteiger partial charge in [-0.3, -0.25) is 30.3 Å². The molecule has 1 amide bonds. The van der Waals surface area contributed by atoms with Gasteiger partial charge >= 0.3 is 0 Å². The van der Waals surface area contributed by atoms with Gasteiger partial charge in [0.05, 0.1) is 21.1 Å². The monoisotopic (exact) mass is 460 g/mol. The summed E-state index contributed by atoms with van der Waals surface area (Å²) in [6.45, 7) is 4.29. The van der Waals surface area contributed by atoms with Crippen LogP contribution >= 0.6 is 22.9 Å². The molecule has 9 nitrogen and oxygen atoms in total. The van der Waals surface area contributed by atoms with Crippen LogP contribution in [0.15, 0.2) is 41.8 Å². The average molecular weight is 461 g/mol. The van der Waals surface area contributed by atoms with E-state index in [0.717, 1.165) is 24.1 Å². The Morgan fingerprint density at radius 1 is 1.13 bits per heavy atom. The van der Waals surface area contributed by atoms with E-state index in [9.17, 15) is 25.0 Å². The van der Waals surface area contributed by atoms with E-state index in [4.69, 9.17) is 11.6 Å². The number of amides is 1. The summed E-state index contributed by atoms with van der Waals surface area (Å²) in [6, 6.07) is 9.74. The highest BCUT2D eigenvalue weighted by Gasteiger charge is 2.27. The number of carbonyl (C=O) groups is 1. The number of benzene rings is 2. The third-order valence-corrected chi connectivity index (χ3v) is 5.45. The molecule has 0 spiro atoms. The Labute approximate surface area is 186 Å². The molecule has 1 N–H and O–H groups in total. The highest BCUT2D eigenvalue weighted by atomic mass is 35.5. The fourth-order valence-corrected chi connectivity index (χ4v) is 3.87. The molecule has 0 aliphatic carbocycles. The van der Waals surface area contributed by atoms with Crippen molar-refractivity contribution in [2.45, 2.75) is 20.3 Å². The Kier molecular flexibility index (Phi) is 6.62. The predicted molar refractivity (Wildman–Crippen MR) is 119 cm³/mol. The van der Waals surface area contributed by atoms with Crippen molar-refractivity contribution in [1.82, 2.24) is 4.98 Å². The van der Waals surface area contributed by atoms with E-state index < -0.39 is 32.2 Å². The van der Waals surface area contributed by atoms with Crippen LogP contribution in [0.2, 0.25) is 5.02 Å². The maximum atomic E-state index is 12.5. The van der Waals surface area contributed by atoms with E-state index in [1.807, 2.05) is 24.3 Å². The number of hydrogen-bond acceptors (Lipinski definition) is 7. The normalized spacial score (nSPS) is 10.8. The third kappa shape index (κ3) is 5.22. The third-order valence-electron chi connectivity index (χ3n) is 4.31. The van der Waals surface area contributed by atoms with Gasteiger partial charge in [-0.25, -0.2) is 4.98 Å². The predicted octanol–water partition coefficient (Wildman–Crippen LogP) is 5.73. The van der Waals surface area contributed by atoms with Gasteiger partial charge < -0.3 is 0 Å². The van der Waals surface area contributed by atoms with Crippen molar-refractivity contribution in [3.05, 3.63) is 78.2 Å². The minimum absolute atomic E-state index is 0.256. The van der Waals surface area contributed by atoms with Gasteiger partial charge in [0.15, 0.2) is 10.2 Å². The Bertz CT molecular complexity index is 1130. The smallest absolute Gasteiger partial charge is 0.295 e. The number of hydrogen-bond donors (Lipinski definition) is 1. The second-order valence-electron chi connectivity index (χ2n) is 7.13. The van der Waals surface area contributed by atoms with E-state index in [1.165, 1.54) is 16.9 Å². The van der Waals surface area contributed by atoms with Gasteiger partial charge in [0.25, 0.3) is 17.3 Å². The zero-order chi connectivity index (χ0) is 22.7. The Hall–Kier alpha value is -3.37. The van der Waals surface area contributed by atoms with E-state index in [0.29, 0.717) is 11.6 Å². The molecule has 0 saturated carbocycles. The molecule has 0 saturated heterocycles. The number of halogens is 1. The molecule has 31 heavy (non-hydrogen) atoms. The summed E-state index contributed by atoms with van der Waals surface area (Å²) in [5.74, 6) is -0.220. The second kappa shape index (κ2) is 9.19. The number of aromatic nitrogens is 1. The minimum Gasteiger partial charge on any atom is -0.298 e. The first kappa shape index (κ1) is 22.3. The highest BCUT2D eigenvalue weighted by Crippen LogP contribution is 2.35. The van der Waals surface area contributed by atoms with E-state index in [-0.39, 0.29) is 10.7 Å². The van der Waals surface area contributed by atoms with Gasteiger partial charge in [0.2, 0.25) is 0 Å². The number of nitro benzene ring substituents is 2. The molecule has 2 aromatic carbocycles. The summed E-state index contributed by atoms with van der Waals surface area (Å²) in [4.78, 5) is 37.4. The van der Waals surface area contributed by atoms with Crippen LogP contribution in [0.5, 0.6) is 0 Å². The number of carbonyl (C=O) groups excluding carboxylic acids is 1. The van der Waals surface area contributed by atoms with Gasteiger partial charge in [0.1, 0.15) is 0 Å². The van der Waals surface area contributed by atoms with E-state index in [1.54, 1.807) is 5.38 Å². The lowest BCUT2D eigenvalue weighted by molar-refractivity contribution is -0.393. The van der Waals surface area contributed by atoms with Crippen molar-refractivity contribution in [3.8, 4) is 11.3 Å². The second-order valence-corrected chi connectivity index (χ2v) is 8.37. The first-order valence-corrected chi connectivity index (χ1v) is 10.4. The number of rotatable bonds is 7. The Morgan fingerprint density at radius 3 is 2.23 bits per heavy atom.